The molecule has 4 nitrogen and oxygen atoms in total. The first-order valence-electron chi connectivity index (χ1n) is 10.2. The number of alkyl carbamates (subject to hydrolysis) is 1. The molecular formula is C26H22ClNO3. The average molecular weight is 432 g/mol. The lowest BCUT2D eigenvalue weighted by Crippen LogP contribution is -2.26. The highest BCUT2D eigenvalue weighted by atomic mass is 35.5. The van der Waals surface area contributed by atoms with Gasteiger partial charge in [-0.25, -0.2) is 4.79 Å². The van der Waals surface area contributed by atoms with Crippen LogP contribution in [0, 0.1) is 0 Å². The standard InChI is InChI=1S/C26H22ClNO3/c27-25-15-18(12-13-19(25)16-29)7-5-6-14-28-26(30)31-17-24-22-10-3-1-8-20(22)21-9-2-4-11-23(21)24/h1-5,7-13,15-16,24H,6,14,17H2,(H,28,30). The van der Waals surface area contributed by atoms with Gasteiger partial charge in [-0.05, 0) is 46.4 Å². The summed E-state index contributed by atoms with van der Waals surface area (Å²) in [6.45, 7) is 0.768. The summed E-state index contributed by atoms with van der Waals surface area (Å²) in [5.74, 6) is 0.0529. The van der Waals surface area contributed by atoms with Gasteiger partial charge in [-0.2, -0.15) is 0 Å². The quantitative estimate of drug-likeness (QED) is 0.363. The molecule has 5 heteroatoms. The maximum absolute atomic E-state index is 12.2. The molecule has 0 unspecified atom stereocenters. The lowest BCUT2D eigenvalue weighted by molar-refractivity contribution is 0.112. The van der Waals surface area contributed by atoms with Crippen molar-refractivity contribution in [1.82, 2.24) is 5.32 Å². The number of amides is 1. The molecule has 4 rings (SSSR count). The Morgan fingerprint density at radius 2 is 1.68 bits per heavy atom. The highest BCUT2D eigenvalue weighted by Gasteiger charge is 2.28. The van der Waals surface area contributed by atoms with Crippen LogP contribution in [-0.4, -0.2) is 25.5 Å². The van der Waals surface area contributed by atoms with Crippen LogP contribution in [0.1, 0.15) is 39.4 Å². The second-order valence-corrected chi connectivity index (χ2v) is 7.75. The van der Waals surface area contributed by atoms with Gasteiger partial charge in [0.1, 0.15) is 6.61 Å². The third-order valence-electron chi connectivity index (χ3n) is 5.39. The van der Waals surface area contributed by atoms with E-state index in [0.717, 1.165) is 11.8 Å². The van der Waals surface area contributed by atoms with Crippen LogP contribution < -0.4 is 5.32 Å². The number of carbonyl (C=O) groups is 2. The molecule has 0 heterocycles. The van der Waals surface area contributed by atoms with Crippen molar-refractivity contribution >= 4 is 30.1 Å². The number of halogens is 1. The third kappa shape index (κ3) is 4.70. The summed E-state index contributed by atoms with van der Waals surface area (Å²) >= 11 is 6.02. The summed E-state index contributed by atoms with van der Waals surface area (Å²) in [4.78, 5) is 23.0. The van der Waals surface area contributed by atoms with Gasteiger partial charge in [-0.15, -0.1) is 0 Å². The molecule has 3 aromatic rings. The van der Waals surface area contributed by atoms with Crippen molar-refractivity contribution in [2.24, 2.45) is 0 Å². The molecule has 1 N–H and O–H groups in total. The van der Waals surface area contributed by atoms with Gasteiger partial charge in [0.15, 0.2) is 6.29 Å². The van der Waals surface area contributed by atoms with Gasteiger partial charge >= 0.3 is 6.09 Å². The van der Waals surface area contributed by atoms with Gasteiger partial charge in [0.25, 0.3) is 0 Å². The van der Waals surface area contributed by atoms with E-state index in [-0.39, 0.29) is 5.92 Å². The summed E-state index contributed by atoms with van der Waals surface area (Å²) in [5, 5.41) is 3.21. The largest absolute Gasteiger partial charge is 0.449 e. The minimum absolute atomic E-state index is 0.0529. The Bertz CT molecular complexity index is 1090. The summed E-state index contributed by atoms with van der Waals surface area (Å²) in [6, 6.07) is 21.8. The number of fused-ring (bicyclic) bond motifs is 3. The maximum atomic E-state index is 12.2. The van der Waals surface area contributed by atoms with Crippen molar-refractivity contribution in [2.45, 2.75) is 12.3 Å². The Kier molecular flexibility index (Phi) is 6.48. The fourth-order valence-electron chi connectivity index (χ4n) is 3.87. The van der Waals surface area contributed by atoms with Gasteiger partial charge in [-0.3, -0.25) is 4.79 Å². The molecule has 0 aromatic heterocycles. The van der Waals surface area contributed by atoms with E-state index in [1.807, 2.05) is 42.5 Å². The lowest BCUT2D eigenvalue weighted by Gasteiger charge is -2.14. The first-order chi connectivity index (χ1) is 15.2. The van der Waals surface area contributed by atoms with Crippen LogP contribution in [0.25, 0.3) is 17.2 Å². The number of hydrogen-bond acceptors (Lipinski definition) is 3. The fourth-order valence-corrected chi connectivity index (χ4v) is 4.10. The molecule has 31 heavy (non-hydrogen) atoms. The topological polar surface area (TPSA) is 55.4 Å². The van der Waals surface area contributed by atoms with Crippen LogP contribution in [-0.2, 0) is 4.74 Å². The van der Waals surface area contributed by atoms with E-state index in [9.17, 15) is 9.59 Å². The smallest absolute Gasteiger partial charge is 0.407 e. The molecule has 1 aliphatic rings. The summed E-state index contributed by atoms with van der Waals surface area (Å²) in [5.41, 5.74) is 6.17. The summed E-state index contributed by atoms with van der Waals surface area (Å²) in [7, 11) is 0. The Hall–Kier alpha value is -3.37. The highest BCUT2D eigenvalue weighted by Crippen LogP contribution is 2.44. The molecule has 156 valence electrons. The first kappa shape index (κ1) is 20.9. The van der Waals surface area contributed by atoms with E-state index in [1.165, 1.54) is 22.3 Å². The number of ether oxygens (including phenoxy) is 1. The highest BCUT2D eigenvalue weighted by molar-refractivity contribution is 6.33. The van der Waals surface area contributed by atoms with E-state index in [2.05, 4.69) is 29.6 Å². The SMILES string of the molecule is O=Cc1ccc(C=CCCNC(=O)OCC2c3ccccc3-c3ccccc32)cc1Cl. The molecule has 0 radical (unpaired) electrons. The molecule has 0 aliphatic heterocycles. The number of benzene rings is 3. The second kappa shape index (κ2) is 9.63. The minimum atomic E-state index is -0.423. The Morgan fingerprint density at radius 1 is 1.00 bits per heavy atom. The Balaban J connectivity index is 1.27. The van der Waals surface area contributed by atoms with Crippen molar-refractivity contribution in [3.8, 4) is 11.1 Å². The van der Waals surface area contributed by atoms with Gasteiger partial charge in [-0.1, -0.05) is 78.4 Å². The number of hydrogen-bond donors (Lipinski definition) is 1. The van der Waals surface area contributed by atoms with Gasteiger partial charge in [0, 0.05) is 18.0 Å². The zero-order valence-corrected chi connectivity index (χ0v) is 17.6. The molecule has 0 saturated carbocycles. The van der Waals surface area contributed by atoms with Gasteiger partial charge in [0.05, 0.1) is 5.02 Å². The van der Waals surface area contributed by atoms with Crippen molar-refractivity contribution in [1.29, 1.82) is 0 Å². The van der Waals surface area contributed by atoms with Crippen molar-refractivity contribution in [3.05, 3.63) is 100 Å². The monoisotopic (exact) mass is 431 g/mol. The minimum Gasteiger partial charge on any atom is -0.449 e. The van der Waals surface area contributed by atoms with Crippen LogP contribution in [0.15, 0.2) is 72.8 Å². The predicted octanol–water partition coefficient (Wildman–Crippen LogP) is 6.09. The molecule has 1 amide bonds. The van der Waals surface area contributed by atoms with Crippen molar-refractivity contribution in [2.75, 3.05) is 13.2 Å². The summed E-state index contributed by atoms with van der Waals surface area (Å²) in [6.07, 6.45) is 4.80. The molecule has 1 aliphatic carbocycles. The lowest BCUT2D eigenvalue weighted by atomic mass is 9.98. The number of rotatable bonds is 7. The van der Waals surface area contributed by atoms with Crippen LogP contribution >= 0.6 is 11.6 Å². The zero-order chi connectivity index (χ0) is 21.6. The molecule has 0 saturated heterocycles. The van der Waals surface area contributed by atoms with Gasteiger partial charge < -0.3 is 10.1 Å². The predicted molar refractivity (Wildman–Crippen MR) is 124 cm³/mol. The zero-order valence-electron chi connectivity index (χ0n) is 16.9. The maximum Gasteiger partial charge on any atom is 0.407 e. The van der Waals surface area contributed by atoms with Gasteiger partial charge in [0.2, 0.25) is 0 Å². The number of nitrogens with one attached hydrogen (secondary N) is 1. The molecule has 0 atom stereocenters. The second-order valence-electron chi connectivity index (χ2n) is 7.34. The molecular weight excluding hydrogens is 410 g/mol. The van der Waals surface area contributed by atoms with Crippen LogP contribution in [0.2, 0.25) is 5.02 Å². The molecule has 0 bridgehead atoms. The molecule has 0 fully saturated rings. The van der Waals surface area contributed by atoms with Crippen LogP contribution in [0.4, 0.5) is 4.79 Å². The molecule has 0 spiro atoms. The third-order valence-corrected chi connectivity index (χ3v) is 5.71. The van der Waals surface area contributed by atoms with Crippen molar-refractivity contribution in [3.63, 3.8) is 0 Å². The number of aldehydes is 1. The normalized spacial score (nSPS) is 12.4. The Labute approximate surface area is 186 Å². The van der Waals surface area contributed by atoms with E-state index in [4.69, 9.17) is 16.3 Å². The van der Waals surface area contributed by atoms with Crippen LogP contribution in [0.5, 0.6) is 0 Å². The van der Waals surface area contributed by atoms with Crippen LogP contribution in [0.3, 0.4) is 0 Å². The van der Waals surface area contributed by atoms with Crippen molar-refractivity contribution < 1.29 is 14.3 Å². The van der Waals surface area contributed by atoms with E-state index in [0.29, 0.717) is 30.2 Å². The summed E-state index contributed by atoms with van der Waals surface area (Å²) < 4.78 is 5.52. The fraction of sp³-hybridized carbons (Fsp3) is 0.154. The van der Waals surface area contributed by atoms with E-state index < -0.39 is 6.09 Å². The van der Waals surface area contributed by atoms with E-state index in [1.54, 1.807) is 12.1 Å². The van der Waals surface area contributed by atoms with E-state index >= 15 is 0 Å². The average Bonchev–Trinajstić information content (AvgIpc) is 3.11. The Morgan fingerprint density at radius 3 is 2.32 bits per heavy atom. The first-order valence-corrected chi connectivity index (χ1v) is 10.6. The number of carbonyl (C=O) groups excluding carboxylic acids is 2. The molecule has 3 aromatic carbocycles.